The molecule has 4 rings (SSSR count). The monoisotopic (exact) mass is 380 g/mol. The number of carbonyl (C=O) groups excluding carboxylic acids is 1. The first-order chi connectivity index (χ1) is 13.2. The standard InChI is InChI=1S/C22H24N2O2S/c1-16-14-24(9-10-26-16)15-18-6-4-5-17(11-18)13-23-22(25)21-12-19-7-2-3-8-20(19)27-21/h2-8,11-12,16H,9-10,13-15H2,1H3,(H,23,25). The smallest absolute Gasteiger partial charge is 0.261 e. The zero-order valence-electron chi connectivity index (χ0n) is 15.5. The Hall–Kier alpha value is -2.21. The predicted molar refractivity (Wildman–Crippen MR) is 110 cm³/mol. The summed E-state index contributed by atoms with van der Waals surface area (Å²) in [6.45, 7) is 6.31. The van der Waals surface area contributed by atoms with Crippen molar-refractivity contribution in [3.05, 3.63) is 70.6 Å². The minimum absolute atomic E-state index is 0.0105. The summed E-state index contributed by atoms with van der Waals surface area (Å²) < 4.78 is 6.75. The largest absolute Gasteiger partial charge is 0.376 e. The van der Waals surface area contributed by atoms with E-state index in [-0.39, 0.29) is 5.91 Å². The number of amides is 1. The van der Waals surface area contributed by atoms with Crippen molar-refractivity contribution >= 4 is 27.3 Å². The van der Waals surface area contributed by atoms with Crippen molar-refractivity contribution < 1.29 is 9.53 Å². The van der Waals surface area contributed by atoms with Crippen LogP contribution in [0.4, 0.5) is 0 Å². The van der Waals surface area contributed by atoms with Crippen LogP contribution in [0.1, 0.15) is 27.7 Å². The van der Waals surface area contributed by atoms with Gasteiger partial charge in [0, 0.05) is 30.9 Å². The molecule has 1 aromatic heterocycles. The predicted octanol–water partition coefficient (Wildman–Crippen LogP) is 4.05. The van der Waals surface area contributed by atoms with Gasteiger partial charge in [-0.1, -0.05) is 42.5 Å². The molecule has 1 N–H and O–H groups in total. The molecule has 1 saturated heterocycles. The summed E-state index contributed by atoms with van der Waals surface area (Å²) in [6.07, 6.45) is 0.294. The Labute approximate surface area is 163 Å². The fourth-order valence-corrected chi connectivity index (χ4v) is 4.47. The first-order valence-electron chi connectivity index (χ1n) is 9.36. The van der Waals surface area contributed by atoms with Gasteiger partial charge in [0.1, 0.15) is 0 Å². The zero-order chi connectivity index (χ0) is 18.6. The van der Waals surface area contributed by atoms with E-state index in [4.69, 9.17) is 4.74 Å². The van der Waals surface area contributed by atoms with Crippen LogP contribution in [0.5, 0.6) is 0 Å². The van der Waals surface area contributed by atoms with Crippen LogP contribution < -0.4 is 5.32 Å². The minimum Gasteiger partial charge on any atom is -0.376 e. The number of hydrogen-bond donors (Lipinski definition) is 1. The van der Waals surface area contributed by atoms with E-state index in [1.165, 1.54) is 16.9 Å². The van der Waals surface area contributed by atoms with E-state index in [1.807, 2.05) is 30.3 Å². The lowest BCUT2D eigenvalue weighted by Gasteiger charge is -2.31. The molecule has 4 nitrogen and oxygen atoms in total. The zero-order valence-corrected chi connectivity index (χ0v) is 16.3. The molecule has 3 aromatic rings. The van der Waals surface area contributed by atoms with Gasteiger partial charge in [-0.3, -0.25) is 9.69 Å². The molecule has 5 heteroatoms. The molecule has 1 fully saturated rings. The average molecular weight is 381 g/mol. The van der Waals surface area contributed by atoms with Crippen LogP contribution in [-0.2, 0) is 17.8 Å². The van der Waals surface area contributed by atoms with Gasteiger partial charge >= 0.3 is 0 Å². The Morgan fingerprint density at radius 3 is 2.89 bits per heavy atom. The number of ether oxygens (including phenoxy) is 1. The fourth-order valence-electron chi connectivity index (χ4n) is 3.49. The summed E-state index contributed by atoms with van der Waals surface area (Å²) >= 11 is 1.54. The molecule has 0 radical (unpaired) electrons. The molecule has 140 valence electrons. The number of benzene rings is 2. The molecule has 1 aliphatic heterocycles. The van der Waals surface area contributed by atoms with Crippen LogP contribution >= 0.6 is 11.3 Å². The van der Waals surface area contributed by atoms with Crippen molar-refractivity contribution in [3.63, 3.8) is 0 Å². The summed E-state index contributed by atoms with van der Waals surface area (Å²) in [5.74, 6) is -0.0105. The van der Waals surface area contributed by atoms with Crippen molar-refractivity contribution in [2.45, 2.75) is 26.1 Å². The number of rotatable bonds is 5. The van der Waals surface area contributed by atoms with E-state index in [1.54, 1.807) is 0 Å². The van der Waals surface area contributed by atoms with Crippen molar-refractivity contribution in [1.29, 1.82) is 0 Å². The molecule has 1 amide bonds. The summed E-state index contributed by atoms with van der Waals surface area (Å²) in [5.41, 5.74) is 2.40. The number of hydrogen-bond acceptors (Lipinski definition) is 4. The fraction of sp³-hybridized carbons (Fsp3) is 0.318. The van der Waals surface area contributed by atoms with Crippen molar-refractivity contribution in [3.8, 4) is 0 Å². The van der Waals surface area contributed by atoms with Gasteiger partial charge in [-0.15, -0.1) is 11.3 Å². The van der Waals surface area contributed by atoms with E-state index in [0.717, 1.165) is 46.8 Å². The highest BCUT2D eigenvalue weighted by Gasteiger charge is 2.16. The van der Waals surface area contributed by atoms with Crippen LogP contribution in [0.25, 0.3) is 10.1 Å². The molecule has 0 spiro atoms. The molecule has 0 bridgehead atoms. The second-order valence-electron chi connectivity index (χ2n) is 7.07. The number of nitrogens with zero attached hydrogens (tertiary/aromatic N) is 1. The normalized spacial score (nSPS) is 17.9. The van der Waals surface area contributed by atoms with Crippen LogP contribution in [0.2, 0.25) is 0 Å². The molecular weight excluding hydrogens is 356 g/mol. The van der Waals surface area contributed by atoms with E-state index in [2.05, 4.69) is 41.4 Å². The van der Waals surface area contributed by atoms with E-state index in [0.29, 0.717) is 12.6 Å². The second-order valence-corrected chi connectivity index (χ2v) is 8.15. The van der Waals surface area contributed by atoms with E-state index >= 15 is 0 Å². The topological polar surface area (TPSA) is 41.6 Å². The lowest BCUT2D eigenvalue weighted by Crippen LogP contribution is -2.40. The maximum atomic E-state index is 12.5. The highest BCUT2D eigenvalue weighted by atomic mass is 32.1. The lowest BCUT2D eigenvalue weighted by molar-refractivity contribution is -0.0212. The summed E-state index contributed by atoms with van der Waals surface area (Å²) in [4.78, 5) is 15.7. The van der Waals surface area contributed by atoms with Gasteiger partial charge in [0.25, 0.3) is 5.91 Å². The van der Waals surface area contributed by atoms with Gasteiger partial charge in [-0.25, -0.2) is 0 Å². The number of fused-ring (bicyclic) bond motifs is 1. The second kappa shape index (κ2) is 8.21. The number of thiophene rings is 1. The highest BCUT2D eigenvalue weighted by Crippen LogP contribution is 2.25. The van der Waals surface area contributed by atoms with Crippen molar-refractivity contribution in [2.75, 3.05) is 19.7 Å². The summed E-state index contributed by atoms with van der Waals surface area (Å²) in [7, 11) is 0. The first kappa shape index (κ1) is 18.2. The lowest BCUT2D eigenvalue weighted by atomic mass is 10.1. The summed E-state index contributed by atoms with van der Waals surface area (Å²) in [5, 5.41) is 4.17. The van der Waals surface area contributed by atoms with Gasteiger partial charge < -0.3 is 10.1 Å². The average Bonchev–Trinajstić information content (AvgIpc) is 3.11. The maximum absolute atomic E-state index is 12.5. The number of nitrogens with one attached hydrogen (secondary N) is 1. The quantitative estimate of drug-likeness (QED) is 0.726. The molecule has 0 saturated carbocycles. The molecule has 1 unspecified atom stereocenters. The molecular formula is C22H24N2O2S. The molecule has 0 aliphatic carbocycles. The number of morpholine rings is 1. The van der Waals surface area contributed by atoms with Crippen LogP contribution in [0.15, 0.2) is 54.6 Å². The molecule has 27 heavy (non-hydrogen) atoms. The third kappa shape index (κ3) is 4.56. The maximum Gasteiger partial charge on any atom is 0.261 e. The summed E-state index contributed by atoms with van der Waals surface area (Å²) in [6, 6.07) is 18.5. The van der Waals surface area contributed by atoms with Gasteiger partial charge in [-0.05, 0) is 35.6 Å². The third-order valence-corrected chi connectivity index (χ3v) is 5.94. The van der Waals surface area contributed by atoms with Crippen LogP contribution in [0, 0.1) is 0 Å². The molecule has 2 heterocycles. The van der Waals surface area contributed by atoms with Crippen LogP contribution in [-0.4, -0.2) is 36.6 Å². The number of carbonyl (C=O) groups is 1. The Balaban J connectivity index is 1.37. The van der Waals surface area contributed by atoms with Gasteiger partial charge in [0.2, 0.25) is 0 Å². The van der Waals surface area contributed by atoms with Crippen LogP contribution in [0.3, 0.4) is 0 Å². The van der Waals surface area contributed by atoms with E-state index < -0.39 is 0 Å². The van der Waals surface area contributed by atoms with Crippen molar-refractivity contribution in [2.24, 2.45) is 0 Å². The van der Waals surface area contributed by atoms with E-state index in [9.17, 15) is 4.79 Å². The van der Waals surface area contributed by atoms with Gasteiger partial charge in [0.15, 0.2) is 0 Å². The molecule has 1 atom stereocenters. The Morgan fingerprint density at radius 1 is 1.19 bits per heavy atom. The SMILES string of the molecule is CC1CN(Cc2cccc(CNC(=O)c3cc4ccccc4s3)c2)CCO1. The molecule has 2 aromatic carbocycles. The highest BCUT2D eigenvalue weighted by molar-refractivity contribution is 7.20. The van der Waals surface area contributed by atoms with Gasteiger partial charge in [-0.2, -0.15) is 0 Å². The van der Waals surface area contributed by atoms with Gasteiger partial charge in [0.05, 0.1) is 17.6 Å². The Morgan fingerprint density at radius 2 is 2.04 bits per heavy atom. The Bertz CT molecular complexity index is 904. The first-order valence-corrected chi connectivity index (χ1v) is 10.2. The van der Waals surface area contributed by atoms with Crippen molar-refractivity contribution in [1.82, 2.24) is 10.2 Å². The minimum atomic E-state index is -0.0105. The third-order valence-electron chi connectivity index (χ3n) is 4.83. The Kier molecular flexibility index (Phi) is 5.53. The molecule has 1 aliphatic rings.